The zero-order valence-corrected chi connectivity index (χ0v) is 10.9. The maximum atomic E-state index is 5.40. The summed E-state index contributed by atoms with van der Waals surface area (Å²) in [6.45, 7) is 2.63. The minimum Gasteiger partial charge on any atom is -0.377 e. The van der Waals surface area contributed by atoms with Gasteiger partial charge in [-0.25, -0.2) is 10.8 Å². The first-order chi connectivity index (χ1) is 8.26. The molecule has 1 saturated heterocycles. The lowest BCUT2D eigenvalue weighted by Crippen LogP contribution is -2.27. The van der Waals surface area contributed by atoms with Gasteiger partial charge >= 0.3 is 0 Å². The summed E-state index contributed by atoms with van der Waals surface area (Å²) in [6, 6.07) is 0. The van der Waals surface area contributed by atoms with Crippen LogP contribution in [0, 0.1) is 0 Å². The van der Waals surface area contributed by atoms with Crippen molar-refractivity contribution in [1.29, 1.82) is 0 Å². The molecular weight excluding hydrogens is 240 g/mol. The van der Waals surface area contributed by atoms with Gasteiger partial charge in [0.15, 0.2) is 5.13 Å². The smallest absolute Gasteiger partial charge is 0.197 e. The normalized spacial score (nSPS) is 25.4. The first kappa shape index (κ1) is 12.7. The number of ether oxygens (including phenoxy) is 2. The summed E-state index contributed by atoms with van der Waals surface area (Å²) >= 11 is 1.57. The van der Waals surface area contributed by atoms with Crippen LogP contribution in [0.15, 0.2) is 6.20 Å². The van der Waals surface area contributed by atoms with Crippen molar-refractivity contribution in [2.75, 3.05) is 32.7 Å². The fraction of sp³-hybridized carbons (Fsp3) is 0.700. The Labute approximate surface area is 105 Å². The number of aromatic nitrogens is 1. The number of anilines is 1. The number of likely N-dealkylation sites (tertiary alicyclic amines) is 1. The third-order valence-corrected chi connectivity index (χ3v) is 3.87. The van der Waals surface area contributed by atoms with Gasteiger partial charge in [-0.3, -0.25) is 10.3 Å². The van der Waals surface area contributed by atoms with Crippen LogP contribution < -0.4 is 11.3 Å². The minimum atomic E-state index is 0.153. The Balaban J connectivity index is 1.92. The van der Waals surface area contributed by atoms with Crippen LogP contribution in [-0.2, 0) is 16.0 Å². The van der Waals surface area contributed by atoms with Gasteiger partial charge in [-0.05, 0) is 0 Å². The lowest BCUT2D eigenvalue weighted by molar-refractivity contribution is -0.00461. The summed E-state index contributed by atoms with van der Waals surface area (Å²) in [6.07, 6.45) is 2.15. The van der Waals surface area contributed by atoms with Crippen LogP contribution >= 0.6 is 11.3 Å². The molecule has 0 radical (unpaired) electrons. The van der Waals surface area contributed by atoms with Crippen molar-refractivity contribution in [2.45, 2.75) is 18.8 Å². The van der Waals surface area contributed by atoms with Crippen LogP contribution in [0.1, 0.15) is 4.88 Å². The van der Waals surface area contributed by atoms with E-state index in [0.29, 0.717) is 0 Å². The highest BCUT2D eigenvalue weighted by Gasteiger charge is 2.32. The number of nitrogens with two attached hydrogens (primary N) is 1. The standard InChI is InChI=1S/C10H18N4O2S/c1-15-8-5-14(6-9(8)16-2)4-7-3-12-10(13-11)17-7/h3,8-9H,4-6,11H2,1-2H3,(H,12,13). The number of methoxy groups -OCH3 is 2. The van der Waals surface area contributed by atoms with Gasteiger partial charge in [0.25, 0.3) is 0 Å². The average molecular weight is 258 g/mol. The molecule has 2 unspecified atom stereocenters. The van der Waals surface area contributed by atoms with Crippen molar-refractivity contribution in [1.82, 2.24) is 9.88 Å². The summed E-state index contributed by atoms with van der Waals surface area (Å²) in [5.41, 5.74) is 2.55. The number of thiazole rings is 1. The second kappa shape index (κ2) is 5.74. The molecule has 0 bridgehead atoms. The number of hydrazine groups is 1. The molecule has 6 nitrogen and oxygen atoms in total. The van der Waals surface area contributed by atoms with E-state index in [1.165, 1.54) is 4.88 Å². The van der Waals surface area contributed by atoms with Crippen LogP contribution in [0.3, 0.4) is 0 Å². The monoisotopic (exact) mass is 258 g/mol. The predicted molar refractivity (Wildman–Crippen MR) is 66.8 cm³/mol. The molecule has 7 heteroatoms. The molecule has 1 aliphatic rings. The Morgan fingerprint density at radius 1 is 1.47 bits per heavy atom. The van der Waals surface area contributed by atoms with Crippen molar-refractivity contribution in [3.05, 3.63) is 11.1 Å². The van der Waals surface area contributed by atoms with Crippen LogP contribution in [0.25, 0.3) is 0 Å². The average Bonchev–Trinajstić information content (AvgIpc) is 2.95. The van der Waals surface area contributed by atoms with Crippen molar-refractivity contribution >= 4 is 16.5 Å². The Morgan fingerprint density at radius 2 is 2.12 bits per heavy atom. The number of hydrogen-bond donors (Lipinski definition) is 2. The minimum absolute atomic E-state index is 0.153. The first-order valence-electron chi connectivity index (χ1n) is 5.46. The molecular formula is C10H18N4O2S. The number of rotatable bonds is 5. The van der Waals surface area contributed by atoms with E-state index in [1.54, 1.807) is 25.6 Å². The third-order valence-electron chi connectivity index (χ3n) is 2.95. The van der Waals surface area contributed by atoms with E-state index in [4.69, 9.17) is 15.3 Å². The lowest BCUT2D eigenvalue weighted by Gasteiger charge is -2.13. The quantitative estimate of drug-likeness (QED) is 0.583. The van der Waals surface area contributed by atoms with Gasteiger partial charge in [-0.15, -0.1) is 0 Å². The second-order valence-electron chi connectivity index (χ2n) is 4.02. The molecule has 0 amide bonds. The molecule has 1 aromatic heterocycles. The SMILES string of the molecule is COC1CN(Cc2cnc(NN)s2)CC1OC. The maximum Gasteiger partial charge on any atom is 0.197 e. The highest BCUT2D eigenvalue weighted by atomic mass is 32.1. The van der Waals surface area contributed by atoms with Crippen molar-refractivity contribution < 1.29 is 9.47 Å². The van der Waals surface area contributed by atoms with Gasteiger partial charge in [0, 0.05) is 44.9 Å². The molecule has 3 N–H and O–H groups in total. The van der Waals surface area contributed by atoms with Gasteiger partial charge < -0.3 is 9.47 Å². The molecule has 0 saturated carbocycles. The van der Waals surface area contributed by atoms with E-state index in [9.17, 15) is 0 Å². The molecule has 0 spiro atoms. The Morgan fingerprint density at radius 3 is 2.59 bits per heavy atom. The molecule has 1 aromatic rings. The molecule has 2 atom stereocenters. The topological polar surface area (TPSA) is 72.6 Å². The van der Waals surface area contributed by atoms with Gasteiger partial charge in [0.2, 0.25) is 0 Å². The molecule has 1 aliphatic heterocycles. The zero-order chi connectivity index (χ0) is 12.3. The highest BCUT2D eigenvalue weighted by molar-refractivity contribution is 7.15. The summed E-state index contributed by atoms with van der Waals surface area (Å²) in [5, 5.41) is 0.741. The number of nitrogens with zero attached hydrogens (tertiary/aromatic N) is 2. The first-order valence-corrected chi connectivity index (χ1v) is 6.27. The molecule has 2 rings (SSSR count). The molecule has 17 heavy (non-hydrogen) atoms. The fourth-order valence-corrected chi connectivity index (χ4v) is 2.83. The predicted octanol–water partition coefficient (Wildman–Crippen LogP) is 0.274. The van der Waals surface area contributed by atoms with Crippen LogP contribution in [0.5, 0.6) is 0 Å². The van der Waals surface area contributed by atoms with E-state index in [-0.39, 0.29) is 12.2 Å². The van der Waals surface area contributed by atoms with E-state index >= 15 is 0 Å². The van der Waals surface area contributed by atoms with Crippen molar-refractivity contribution in [2.24, 2.45) is 5.84 Å². The summed E-state index contributed by atoms with van der Waals surface area (Å²) in [4.78, 5) is 7.63. The van der Waals surface area contributed by atoms with Crippen molar-refractivity contribution in [3.8, 4) is 0 Å². The number of hydrogen-bond acceptors (Lipinski definition) is 7. The van der Waals surface area contributed by atoms with Gasteiger partial charge in [0.1, 0.15) is 0 Å². The Kier molecular flexibility index (Phi) is 4.30. The van der Waals surface area contributed by atoms with E-state index in [2.05, 4.69) is 15.3 Å². The molecule has 2 heterocycles. The molecule has 0 aliphatic carbocycles. The number of nitrogen functional groups attached to an aromatic ring is 1. The number of nitrogens with one attached hydrogen (secondary N) is 1. The van der Waals surface area contributed by atoms with Gasteiger partial charge in [-0.1, -0.05) is 11.3 Å². The Bertz CT molecular complexity index is 348. The van der Waals surface area contributed by atoms with Crippen LogP contribution in [-0.4, -0.2) is 49.4 Å². The van der Waals surface area contributed by atoms with Crippen molar-refractivity contribution in [3.63, 3.8) is 0 Å². The van der Waals surface area contributed by atoms with Gasteiger partial charge in [-0.2, -0.15) is 0 Å². The lowest BCUT2D eigenvalue weighted by atomic mass is 10.3. The summed E-state index contributed by atoms with van der Waals surface area (Å²) < 4.78 is 10.8. The Hall–Kier alpha value is -0.730. The third kappa shape index (κ3) is 2.93. The van der Waals surface area contributed by atoms with E-state index in [0.717, 1.165) is 24.8 Å². The second-order valence-corrected chi connectivity index (χ2v) is 5.13. The van der Waals surface area contributed by atoms with Crippen LogP contribution in [0.2, 0.25) is 0 Å². The maximum absolute atomic E-state index is 5.40. The fourth-order valence-electron chi connectivity index (χ4n) is 2.07. The highest BCUT2D eigenvalue weighted by Crippen LogP contribution is 2.22. The largest absolute Gasteiger partial charge is 0.377 e. The van der Waals surface area contributed by atoms with Gasteiger partial charge in [0.05, 0.1) is 12.2 Å². The van der Waals surface area contributed by atoms with Crippen LogP contribution in [0.4, 0.5) is 5.13 Å². The summed E-state index contributed by atoms with van der Waals surface area (Å²) in [5.74, 6) is 5.30. The molecule has 0 aromatic carbocycles. The zero-order valence-electron chi connectivity index (χ0n) is 10.0. The molecule has 1 fully saturated rings. The van der Waals surface area contributed by atoms with E-state index < -0.39 is 0 Å². The van der Waals surface area contributed by atoms with E-state index in [1.807, 2.05) is 6.20 Å². The summed E-state index contributed by atoms with van der Waals surface area (Å²) in [7, 11) is 3.45. The molecule has 96 valence electrons.